The van der Waals surface area contributed by atoms with E-state index in [1.807, 2.05) is 0 Å². The number of aliphatic hydroxyl groups is 4. The van der Waals surface area contributed by atoms with Crippen molar-refractivity contribution >= 4 is 11.9 Å². The number of carbonyl (C=O) groups is 2. The third-order valence-corrected chi connectivity index (χ3v) is 10.1. The van der Waals surface area contributed by atoms with Crippen molar-refractivity contribution in [3.63, 3.8) is 0 Å². The average Bonchev–Trinajstić information content (AvgIpc) is 3.17. The number of allylic oxidation sites excluding steroid dienone is 4. The molecular weight excluding hydrogens is 688 g/mol. The van der Waals surface area contributed by atoms with Crippen LogP contribution in [0.3, 0.4) is 0 Å². The van der Waals surface area contributed by atoms with Gasteiger partial charge in [-0.3, -0.25) is 9.59 Å². The molecule has 1 fully saturated rings. The minimum Gasteiger partial charge on any atom is -0.462 e. The third kappa shape index (κ3) is 26.9. The summed E-state index contributed by atoms with van der Waals surface area (Å²) in [7, 11) is 0. The molecule has 10 nitrogen and oxygen atoms in total. The molecule has 0 amide bonds. The normalized spacial score (nSPS) is 20.9. The van der Waals surface area contributed by atoms with Crippen LogP contribution in [0, 0.1) is 0 Å². The van der Waals surface area contributed by atoms with Gasteiger partial charge in [-0.05, 0) is 44.9 Å². The Morgan fingerprint density at radius 1 is 0.574 bits per heavy atom. The van der Waals surface area contributed by atoms with Crippen LogP contribution in [0.4, 0.5) is 0 Å². The molecule has 54 heavy (non-hydrogen) atoms. The van der Waals surface area contributed by atoms with Crippen molar-refractivity contribution in [1.29, 1.82) is 0 Å². The summed E-state index contributed by atoms with van der Waals surface area (Å²) in [6, 6.07) is 0. The van der Waals surface area contributed by atoms with Gasteiger partial charge in [0.15, 0.2) is 12.4 Å². The fraction of sp³-hybridized carbons (Fsp3) is 0.864. The lowest BCUT2D eigenvalue weighted by atomic mass is 9.99. The van der Waals surface area contributed by atoms with Gasteiger partial charge in [0.1, 0.15) is 31.0 Å². The zero-order chi connectivity index (χ0) is 39.5. The van der Waals surface area contributed by atoms with Gasteiger partial charge in [-0.1, -0.05) is 154 Å². The SMILES string of the molecule is CCCCC/C=C/C/C=C/CCCCCCCCCCCC(=O)O[C@H](COC(=O)CCCCCCCCCCCC)CO[C@@H]1O[C@H](CO)[C@H](O)C(O)C1O. The van der Waals surface area contributed by atoms with Crippen LogP contribution in [0.15, 0.2) is 24.3 Å². The summed E-state index contributed by atoms with van der Waals surface area (Å²) < 4.78 is 22.1. The first kappa shape index (κ1) is 50.2. The van der Waals surface area contributed by atoms with Crippen LogP contribution in [0.2, 0.25) is 0 Å². The lowest BCUT2D eigenvalue weighted by Gasteiger charge is -2.39. The quantitative estimate of drug-likeness (QED) is 0.0276. The number of carbonyl (C=O) groups excluding carboxylic acids is 2. The van der Waals surface area contributed by atoms with E-state index in [1.165, 1.54) is 103 Å². The number of ether oxygens (including phenoxy) is 4. The van der Waals surface area contributed by atoms with E-state index in [1.54, 1.807) is 0 Å². The number of hydrogen-bond acceptors (Lipinski definition) is 10. The maximum Gasteiger partial charge on any atom is 0.306 e. The van der Waals surface area contributed by atoms with E-state index in [9.17, 15) is 30.0 Å². The fourth-order valence-corrected chi connectivity index (χ4v) is 6.57. The van der Waals surface area contributed by atoms with Crippen LogP contribution in [-0.4, -0.2) is 89.0 Å². The smallest absolute Gasteiger partial charge is 0.306 e. The first-order chi connectivity index (χ1) is 26.3. The zero-order valence-electron chi connectivity index (χ0n) is 34.2. The summed E-state index contributed by atoms with van der Waals surface area (Å²) in [6.07, 6.45) is 30.4. The van der Waals surface area contributed by atoms with Crippen LogP contribution in [0.25, 0.3) is 0 Å². The van der Waals surface area contributed by atoms with Gasteiger partial charge in [0, 0.05) is 12.8 Å². The molecule has 0 aromatic rings. The summed E-state index contributed by atoms with van der Waals surface area (Å²) in [5.74, 6) is -0.808. The highest BCUT2D eigenvalue weighted by Crippen LogP contribution is 2.22. The third-order valence-electron chi connectivity index (χ3n) is 10.1. The molecule has 0 saturated carbocycles. The number of esters is 2. The summed E-state index contributed by atoms with van der Waals surface area (Å²) in [5.41, 5.74) is 0. The van der Waals surface area contributed by atoms with Crippen molar-refractivity contribution in [1.82, 2.24) is 0 Å². The van der Waals surface area contributed by atoms with Gasteiger partial charge < -0.3 is 39.4 Å². The lowest BCUT2D eigenvalue weighted by Crippen LogP contribution is -2.59. The van der Waals surface area contributed by atoms with E-state index in [0.29, 0.717) is 6.42 Å². The fourth-order valence-electron chi connectivity index (χ4n) is 6.57. The van der Waals surface area contributed by atoms with E-state index in [2.05, 4.69) is 38.2 Å². The second-order valence-corrected chi connectivity index (χ2v) is 15.2. The Bertz CT molecular complexity index is 938. The molecule has 1 aliphatic heterocycles. The average molecular weight is 769 g/mol. The molecule has 0 aromatic carbocycles. The maximum absolute atomic E-state index is 12.7. The summed E-state index contributed by atoms with van der Waals surface area (Å²) in [6.45, 7) is 3.38. The molecule has 1 rings (SSSR count). The van der Waals surface area contributed by atoms with Crippen molar-refractivity contribution in [3.05, 3.63) is 24.3 Å². The van der Waals surface area contributed by atoms with Gasteiger partial charge in [-0.25, -0.2) is 0 Å². The zero-order valence-corrected chi connectivity index (χ0v) is 34.2. The molecule has 0 spiro atoms. The maximum atomic E-state index is 12.7. The summed E-state index contributed by atoms with van der Waals surface area (Å²) in [5, 5.41) is 40.0. The van der Waals surface area contributed by atoms with Gasteiger partial charge in [0.2, 0.25) is 0 Å². The molecule has 6 atom stereocenters. The first-order valence-electron chi connectivity index (χ1n) is 21.9. The van der Waals surface area contributed by atoms with Crippen molar-refractivity contribution < 1.29 is 49.0 Å². The standard InChI is InChI=1S/C44H80O10/c1-3-5-7-9-11-13-15-16-17-18-19-20-21-22-23-25-27-29-31-33-40(47)53-37(36-52-44-43(50)42(49)41(48)38(34-45)54-44)35-51-39(46)32-30-28-26-24-14-12-10-8-6-4-2/h11,13,16-17,37-38,41-45,48-50H,3-10,12,14-15,18-36H2,1-2H3/b13-11+,17-16+/t37-,38-,41+,42?,43?,44-/m1/s1. The molecule has 4 N–H and O–H groups in total. The molecule has 10 heteroatoms. The highest BCUT2D eigenvalue weighted by Gasteiger charge is 2.44. The Labute approximate surface area is 328 Å². The van der Waals surface area contributed by atoms with Crippen LogP contribution in [0.1, 0.15) is 187 Å². The van der Waals surface area contributed by atoms with Crippen LogP contribution < -0.4 is 0 Å². The van der Waals surface area contributed by atoms with E-state index in [0.717, 1.165) is 51.4 Å². The molecule has 0 aliphatic carbocycles. The highest BCUT2D eigenvalue weighted by molar-refractivity contribution is 5.70. The van der Waals surface area contributed by atoms with Gasteiger partial charge in [-0.2, -0.15) is 0 Å². The van der Waals surface area contributed by atoms with E-state index < -0.39 is 49.4 Å². The minimum atomic E-state index is -1.59. The van der Waals surface area contributed by atoms with Crippen molar-refractivity contribution in [2.24, 2.45) is 0 Å². The Morgan fingerprint density at radius 2 is 1.04 bits per heavy atom. The molecule has 2 unspecified atom stereocenters. The molecular formula is C44H80O10. The molecule has 0 radical (unpaired) electrons. The Balaban J connectivity index is 2.31. The Hall–Kier alpha value is -1.82. The van der Waals surface area contributed by atoms with E-state index in [4.69, 9.17) is 18.9 Å². The first-order valence-corrected chi connectivity index (χ1v) is 21.9. The number of hydrogen-bond donors (Lipinski definition) is 4. The molecule has 1 aliphatic rings. The van der Waals surface area contributed by atoms with Crippen LogP contribution >= 0.6 is 0 Å². The second-order valence-electron chi connectivity index (χ2n) is 15.2. The van der Waals surface area contributed by atoms with Gasteiger partial charge >= 0.3 is 11.9 Å². The molecule has 0 bridgehead atoms. The molecule has 316 valence electrons. The molecule has 1 saturated heterocycles. The van der Waals surface area contributed by atoms with E-state index >= 15 is 0 Å². The largest absolute Gasteiger partial charge is 0.462 e. The van der Waals surface area contributed by atoms with Crippen molar-refractivity contribution in [2.45, 2.75) is 224 Å². The Morgan fingerprint density at radius 3 is 1.57 bits per heavy atom. The van der Waals surface area contributed by atoms with Crippen molar-refractivity contribution in [2.75, 3.05) is 19.8 Å². The molecule has 0 aromatic heterocycles. The van der Waals surface area contributed by atoms with Crippen LogP contribution in [-0.2, 0) is 28.5 Å². The van der Waals surface area contributed by atoms with Gasteiger partial charge in [0.25, 0.3) is 0 Å². The lowest BCUT2D eigenvalue weighted by molar-refractivity contribution is -0.305. The predicted molar refractivity (Wildman–Crippen MR) is 215 cm³/mol. The summed E-state index contributed by atoms with van der Waals surface area (Å²) in [4.78, 5) is 25.2. The Kier molecular flexibility index (Phi) is 33.1. The second kappa shape index (κ2) is 35.6. The topological polar surface area (TPSA) is 152 Å². The highest BCUT2D eigenvalue weighted by atomic mass is 16.7. The number of rotatable bonds is 36. The predicted octanol–water partition coefficient (Wildman–Crippen LogP) is 8.94. The van der Waals surface area contributed by atoms with Gasteiger partial charge in [-0.15, -0.1) is 0 Å². The number of aliphatic hydroxyl groups excluding tert-OH is 4. The minimum absolute atomic E-state index is 0.216. The molecule has 1 heterocycles. The van der Waals surface area contributed by atoms with Crippen molar-refractivity contribution in [3.8, 4) is 0 Å². The van der Waals surface area contributed by atoms with Crippen LogP contribution in [0.5, 0.6) is 0 Å². The van der Waals surface area contributed by atoms with E-state index in [-0.39, 0.29) is 32.0 Å². The monoisotopic (exact) mass is 769 g/mol. The summed E-state index contributed by atoms with van der Waals surface area (Å²) >= 11 is 0. The van der Waals surface area contributed by atoms with Gasteiger partial charge in [0.05, 0.1) is 13.2 Å². The number of unbranched alkanes of at least 4 members (excludes halogenated alkanes) is 21.